The van der Waals surface area contributed by atoms with Gasteiger partial charge in [-0.05, 0) is 0 Å². The highest BCUT2D eigenvalue weighted by molar-refractivity contribution is 5.91. The van der Waals surface area contributed by atoms with Gasteiger partial charge >= 0.3 is 6.03 Å². The summed E-state index contributed by atoms with van der Waals surface area (Å²) >= 11 is 0. The van der Waals surface area contributed by atoms with Crippen molar-refractivity contribution >= 4 is 11.8 Å². The van der Waals surface area contributed by atoms with E-state index >= 15 is 0 Å². The third-order valence-electron chi connectivity index (χ3n) is 1.59. The minimum Gasteiger partial charge on any atom is -0.315 e. The van der Waals surface area contributed by atoms with Crippen molar-refractivity contribution in [1.29, 1.82) is 0 Å². The topological polar surface area (TPSA) is 104 Å². The van der Waals surface area contributed by atoms with E-state index in [2.05, 4.69) is 36.4 Å². The van der Waals surface area contributed by atoms with Crippen LogP contribution in [-0.2, 0) is 4.84 Å². The van der Waals surface area contributed by atoms with Gasteiger partial charge in [-0.3, -0.25) is 5.32 Å². The fraction of sp³-hybridized carbons (Fsp3) is 0.400. The van der Waals surface area contributed by atoms with Crippen LogP contribution in [0.1, 0.15) is 11.9 Å². The summed E-state index contributed by atoms with van der Waals surface area (Å²) in [6.07, 6.45) is -0.479. The summed E-state index contributed by atoms with van der Waals surface area (Å²) in [5.74, 6) is 0.401. The highest BCUT2D eigenvalue weighted by Crippen LogP contribution is 2.19. The fourth-order valence-corrected chi connectivity index (χ4v) is 1.08. The number of carbonyl (C=O) groups is 1. The van der Waals surface area contributed by atoms with E-state index in [1.165, 1.54) is 7.11 Å². The Labute approximate surface area is 73.0 Å². The molecule has 1 aromatic heterocycles. The van der Waals surface area contributed by atoms with Gasteiger partial charge in [-0.2, -0.15) is 15.8 Å². The third-order valence-corrected chi connectivity index (χ3v) is 1.59. The Bertz CT molecular complexity index is 323. The second-order valence-electron chi connectivity index (χ2n) is 2.41. The summed E-state index contributed by atoms with van der Waals surface area (Å²) in [7, 11) is 1.45. The minimum atomic E-state index is -0.479. The van der Waals surface area contributed by atoms with Crippen molar-refractivity contribution in [3.8, 4) is 0 Å². The van der Waals surface area contributed by atoms with E-state index in [1.807, 2.05) is 0 Å². The zero-order chi connectivity index (χ0) is 9.26. The van der Waals surface area contributed by atoms with Crippen LogP contribution in [0.3, 0.4) is 0 Å². The molecular weight excluding hydrogens is 176 g/mol. The Morgan fingerprint density at radius 1 is 1.54 bits per heavy atom. The summed E-state index contributed by atoms with van der Waals surface area (Å²) in [5.41, 5.74) is 3.12. The van der Waals surface area contributed by atoms with Gasteiger partial charge in [0, 0.05) is 0 Å². The number of H-pyrrole nitrogens is 1. The molecule has 1 atom stereocenters. The van der Waals surface area contributed by atoms with Gasteiger partial charge in [0.2, 0.25) is 0 Å². The van der Waals surface area contributed by atoms with E-state index in [-0.39, 0.29) is 6.03 Å². The molecule has 0 saturated carbocycles. The van der Waals surface area contributed by atoms with E-state index in [0.29, 0.717) is 11.5 Å². The van der Waals surface area contributed by atoms with Gasteiger partial charge in [0.05, 0.1) is 7.11 Å². The highest BCUT2D eigenvalue weighted by Gasteiger charge is 2.27. The van der Waals surface area contributed by atoms with Crippen molar-refractivity contribution in [3.63, 3.8) is 0 Å². The van der Waals surface area contributed by atoms with E-state index in [0.717, 1.165) is 0 Å². The summed E-state index contributed by atoms with van der Waals surface area (Å²) in [5, 5.41) is 15.0. The molecule has 2 rings (SSSR count). The first kappa shape index (κ1) is 7.95. The molecule has 2 heterocycles. The predicted octanol–water partition coefficient (Wildman–Crippen LogP) is -0.911. The molecule has 1 aliphatic rings. The van der Waals surface area contributed by atoms with Crippen LogP contribution in [0, 0.1) is 0 Å². The van der Waals surface area contributed by atoms with Crippen molar-refractivity contribution in [2.45, 2.75) is 6.17 Å². The van der Waals surface area contributed by atoms with Crippen LogP contribution in [0.4, 0.5) is 10.6 Å². The maximum atomic E-state index is 11.0. The van der Waals surface area contributed by atoms with Crippen LogP contribution in [0.5, 0.6) is 0 Å². The first-order valence-corrected chi connectivity index (χ1v) is 3.58. The molecule has 2 amide bonds. The molecule has 13 heavy (non-hydrogen) atoms. The minimum absolute atomic E-state index is 0.351. The average Bonchev–Trinajstić information content (AvgIpc) is 2.52. The molecule has 0 fully saturated rings. The van der Waals surface area contributed by atoms with E-state index in [9.17, 15) is 4.79 Å². The number of nitrogens with zero attached hydrogens (tertiary/aromatic N) is 2. The summed E-state index contributed by atoms with van der Waals surface area (Å²) < 4.78 is 0. The largest absolute Gasteiger partial charge is 0.322 e. The van der Waals surface area contributed by atoms with Crippen LogP contribution in [0.15, 0.2) is 0 Å². The fourth-order valence-electron chi connectivity index (χ4n) is 1.08. The number of rotatable bonds is 2. The maximum Gasteiger partial charge on any atom is 0.322 e. The Balaban J connectivity index is 2.27. The van der Waals surface area contributed by atoms with Crippen molar-refractivity contribution in [1.82, 2.24) is 26.2 Å². The van der Waals surface area contributed by atoms with E-state index < -0.39 is 6.17 Å². The molecule has 0 spiro atoms. The zero-order valence-electron chi connectivity index (χ0n) is 6.79. The Hall–Kier alpha value is -1.67. The average molecular weight is 184 g/mol. The summed E-state index contributed by atoms with van der Waals surface area (Å²) in [6.45, 7) is 0. The number of aromatic amines is 1. The SMILES string of the molecule is CONC1NC(=O)Nc2n[nH]nc21. The van der Waals surface area contributed by atoms with Gasteiger partial charge < -0.3 is 10.2 Å². The molecule has 1 aliphatic heterocycles. The molecule has 0 aliphatic carbocycles. The molecule has 0 radical (unpaired) electrons. The highest BCUT2D eigenvalue weighted by atomic mass is 16.6. The number of carbonyl (C=O) groups excluding carboxylic acids is 1. The van der Waals surface area contributed by atoms with Crippen LogP contribution >= 0.6 is 0 Å². The van der Waals surface area contributed by atoms with Gasteiger partial charge in [0.15, 0.2) is 12.0 Å². The van der Waals surface area contributed by atoms with Crippen molar-refractivity contribution in [3.05, 3.63) is 5.69 Å². The normalized spacial score (nSPS) is 20.4. The lowest BCUT2D eigenvalue weighted by Crippen LogP contribution is -2.44. The monoisotopic (exact) mass is 184 g/mol. The number of hydrogen-bond donors (Lipinski definition) is 4. The number of anilines is 1. The number of hydrogen-bond acceptors (Lipinski definition) is 5. The number of fused-ring (bicyclic) bond motifs is 1. The molecule has 4 N–H and O–H groups in total. The van der Waals surface area contributed by atoms with Gasteiger partial charge in [-0.15, -0.1) is 5.10 Å². The molecule has 0 saturated heterocycles. The first-order valence-electron chi connectivity index (χ1n) is 3.58. The maximum absolute atomic E-state index is 11.0. The van der Waals surface area contributed by atoms with Crippen LogP contribution in [0.2, 0.25) is 0 Å². The third kappa shape index (κ3) is 1.32. The molecule has 8 nitrogen and oxygen atoms in total. The van der Waals surface area contributed by atoms with Gasteiger partial charge in [-0.1, -0.05) is 0 Å². The zero-order valence-corrected chi connectivity index (χ0v) is 6.79. The van der Waals surface area contributed by atoms with Gasteiger partial charge in [0.25, 0.3) is 0 Å². The number of hydroxylamine groups is 1. The van der Waals surface area contributed by atoms with Crippen molar-refractivity contribution in [2.24, 2.45) is 0 Å². The van der Waals surface area contributed by atoms with Crippen LogP contribution < -0.4 is 16.1 Å². The molecule has 1 unspecified atom stereocenters. The second kappa shape index (κ2) is 2.99. The molecule has 8 heteroatoms. The summed E-state index contributed by atoms with van der Waals surface area (Å²) in [4.78, 5) is 15.7. The Morgan fingerprint density at radius 2 is 2.38 bits per heavy atom. The smallest absolute Gasteiger partial charge is 0.315 e. The van der Waals surface area contributed by atoms with Crippen molar-refractivity contribution in [2.75, 3.05) is 12.4 Å². The summed E-state index contributed by atoms with van der Waals surface area (Å²) in [6, 6.07) is -0.351. The number of aromatic nitrogens is 3. The predicted molar refractivity (Wildman–Crippen MR) is 41.4 cm³/mol. The lowest BCUT2D eigenvalue weighted by atomic mass is 10.3. The molecule has 70 valence electrons. The molecule has 1 aromatic rings. The number of amides is 2. The first-order chi connectivity index (χ1) is 6.31. The Kier molecular flexibility index (Phi) is 1.83. The lowest BCUT2D eigenvalue weighted by molar-refractivity contribution is 0.0515. The quantitative estimate of drug-likeness (QED) is 0.445. The standard InChI is InChI=1S/C5H8N6O2/c1-13-10-4-2-3(9-11-8-2)6-5(12)7-4/h4,10H,1H3,(H3,6,7,8,9,11,12). The van der Waals surface area contributed by atoms with Gasteiger partial charge in [-0.25, -0.2) is 4.79 Å². The lowest BCUT2D eigenvalue weighted by Gasteiger charge is -2.21. The number of nitrogens with one attached hydrogen (secondary N) is 4. The van der Waals surface area contributed by atoms with Crippen LogP contribution in [0.25, 0.3) is 0 Å². The van der Waals surface area contributed by atoms with E-state index in [1.54, 1.807) is 0 Å². The van der Waals surface area contributed by atoms with E-state index in [4.69, 9.17) is 0 Å². The van der Waals surface area contributed by atoms with Gasteiger partial charge in [0.1, 0.15) is 5.69 Å². The van der Waals surface area contributed by atoms with Crippen LogP contribution in [-0.4, -0.2) is 28.6 Å². The second-order valence-corrected chi connectivity index (χ2v) is 2.41. The Morgan fingerprint density at radius 3 is 3.15 bits per heavy atom. The molecular formula is C5H8N6O2. The number of urea groups is 1. The molecule has 0 bridgehead atoms. The molecule has 0 aromatic carbocycles. The van der Waals surface area contributed by atoms with Crippen molar-refractivity contribution < 1.29 is 9.63 Å².